The molecular formula is C22H23Cl2N3O2S2. The van der Waals surface area contributed by atoms with Crippen molar-refractivity contribution in [3.8, 4) is 6.07 Å². The Morgan fingerprint density at radius 2 is 1.61 bits per heavy atom. The number of nitrogens with zero attached hydrogens (tertiary/aromatic N) is 3. The molecule has 1 saturated carbocycles. The lowest BCUT2D eigenvalue weighted by atomic mass is 10.2. The van der Waals surface area contributed by atoms with E-state index in [0.717, 1.165) is 18.0 Å². The second-order valence-corrected chi connectivity index (χ2v) is 11.8. The van der Waals surface area contributed by atoms with Crippen LogP contribution < -0.4 is 0 Å². The van der Waals surface area contributed by atoms with E-state index in [-0.39, 0.29) is 4.90 Å². The molecule has 0 N–H and O–H groups in total. The van der Waals surface area contributed by atoms with Gasteiger partial charge in [0.25, 0.3) is 0 Å². The minimum atomic E-state index is -3.74. The van der Waals surface area contributed by atoms with E-state index in [1.165, 1.54) is 43.5 Å². The third-order valence-electron chi connectivity index (χ3n) is 5.87. The highest BCUT2D eigenvalue weighted by Crippen LogP contribution is 2.37. The summed E-state index contributed by atoms with van der Waals surface area (Å²) >= 11 is 13.5. The van der Waals surface area contributed by atoms with Gasteiger partial charge in [0.05, 0.1) is 16.5 Å². The van der Waals surface area contributed by atoms with Crippen molar-refractivity contribution in [2.24, 2.45) is 0 Å². The smallest absolute Gasteiger partial charge is 0.244 e. The van der Waals surface area contributed by atoms with Crippen LogP contribution in [-0.4, -0.2) is 49.8 Å². The van der Waals surface area contributed by atoms with Gasteiger partial charge in [-0.05, 0) is 49.2 Å². The van der Waals surface area contributed by atoms with Crippen molar-refractivity contribution in [2.45, 2.75) is 46.4 Å². The zero-order valence-corrected chi connectivity index (χ0v) is 20.1. The molecule has 0 unspecified atom stereocenters. The molecule has 0 radical (unpaired) electrons. The Morgan fingerprint density at radius 3 is 2.23 bits per heavy atom. The lowest BCUT2D eigenvalue weighted by molar-refractivity contribution is 0.139. The molecule has 1 aliphatic carbocycles. The molecule has 9 heteroatoms. The summed E-state index contributed by atoms with van der Waals surface area (Å²) in [4.78, 5) is 3.87. The monoisotopic (exact) mass is 495 g/mol. The molecule has 0 aromatic heterocycles. The lowest BCUT2D eigenvalue weighted by Gasteiger charge is -2.37. The summed E-state index contributed by atoms with van der Waals surface area (Å²) < 4.78 is 28.7. The van der Waals surface area contributed by atoms with Crippen LogP contribution in [0, 0.1) is 11.3 Å². The maximum atomic E-state index is 13.6. The summed E-state index contributed by atoms with van der Waals surface area (Å²) in [6, 6.07) is 12.5. The first-order valence-electron chi connectivity index (χ1n) is 10.3. The zero-order valence-electron chi connectivity index (χ0n) is 16.9. The second kappa shape index (κ2) is 9.70. The first kappa shape index (κ1) is 22.9. The molecule has 2 aromatic rings. The van der Waals surface area contributed by atoms with E-state index in [9.17, 15) is 13.7 Å². The largest absolute Gasteiger partial charge is 0.298 e. The molecule has 164 valence electrons. The van der Waals surface area contributed by atoms with Crippen molar-refractivity contribution < 1.29 is 8.42 Å². The molecule has 1 heterocycles. The van der Waals surface area contributed by atoms with Crippen molar-refractivity contribution in [1.29, 1.82) is 5.26 Å². The Bertz CT molecular complexity index is 1080. The van der Waals surface area contributed by atoms with E-state index in [0.29, 0.717) is 39.6 Å². The Hall–Kier alpha value is -1.27. The fourth-order valence-corrected chi connectivity index (χ4v) is 7.83. The normalized spacial score (nSPS) is 18.9. The number of benzene rings is 2. The fourth-order valence-electron chi connectivity index (χ4n) is 4.30. The van der Waals surface area contributed by atoms with Gasteiger partial charge in [-0.2, -0.15) is 9.57 Å². The van der Waals surface area contributed by atoms with E-state index >= 15 is 0 Å². The number of hydrogen-bond acceptors (Lipinski definition) is 5. The molecule has 0 bridgehead atoms. The summed E-state index contributed by atoms with van der Waals surface area (Å²) in [6.45, 7) is 2.41. The van der Waals surface area contributed by atoms with Gasteiger partial charge >= 0.3 is 0 Å². The quantitative estimate of drug-likeness (QED) is 0.565. The summed E-state index contributed by atoms with van der Waals surface area (Å²) in [5, 5.41) is 10.3. The van der Waals surface area contributed by atoms with Crippen LogP contribution in [0.15, 0.2) is 51.1 Å². The summed E-state index contributed by atoms with van der Waals surface area (Å²) in [5.74, 6) is 0. The predicted octanol–water partition coefficient (Wildman–Crippen LogP) is 5.27. The number of piperazine rings is 1. The van der Waals surface area contributed by atoms with Gasteiger partial charge < -0.3 is 0 Å². The maximum Gasteiger partial charge on any atom is 0.244 e. The topological polar surface area (TPSA) is 64.4 Å². The van der Waals surface area contributed by atoms with Crippen molar-refractivity contribution in [1.82, 2.24) is 9.21 Å². The molecule has 5 nitrogen and oxygen atoms in total. The van der Waals surface area contributed by atoms with E-state index in [1.807, 2.05) is 0 Å². The first-order valence-corrected chi connectivity index (χ1v) is 13.3. The van der Waals surface area contributed by atoms with Crippen molar-refractivity contribution in [3.63, 3.8) is 0 Å². The summed E-state index contributed by atoms with van der Waals surface area (Å²) in [5.41, 5.74) is 0.316. The number of rotatable bonds is 5. The predicted molar refractivity (Wildman–Crippen MR) is 124 cm³/mol. The Morgan fingerprint density at radius 1 is 0.968 bits per heavy atom. The lowest BCUT2D eigenvalue weighted by Crippen LogP contribution is -2.51. The molecule has 0 amide bonds. The highest BCUT2D eigenvalue weighted by molar-refractivity contribution is 8.00. The number of sulfonamides is 1. The molecular weight excluding hydrogens is 473 g/mol. The second-order valence-electron chi connectivity index (χ2n) is 7.86. The number of halogens is 2. The molecule has 2 fully saturated rings. The fraction of sp³-hybridized carbons (Fsp3) is 0.409. The minimum Gasteiger partial charge on any atom is -0.298 e. The van der Waals surface area contributed by atoms with Gasteiger partial charge in [-0.1, -0.05) is 47.8 Å². The Balaban J connectivity index is 1.60. The number of hydrogen-bond donors (Lipinski definition) is 0. The average molecular weight is 496 g/mol. The highest BCUT2D eigenvalue weighted by Gasteiger charge is 2.33. The molecule has 1 saturated heterocycles. The maximum absolute atomic E-state index is 13.6. The molecule has 1 aliphatic heterocycles. The van der Waals surface area contributed by atoms with Gasteiger partial charge in [0.1, 0.15) is 0 Å². The minimum absolute atomic E-state index is 0.155. The number of nitriles is 1. The van der Waals surface area contributed by atoms with Crippen LogP contribution in [0.25, 0.3) is 0 Å². The van der Waals surface area contributed by atoms with E-state index in [4.69, 9.17) is 23.2 Å². The van der Waals surface area contributed by atoms with Crippen LogP contribution in [-0.2, 0) is 10.0 Å². The van der Waals surface area contributed by atoms with Crippen LogP contribution in [0.4, 0.5) is 0 Å². The summed E-state index contributed by atoms with van der Waals surface area (Å²) in [7, 11) is -3.74. The van der Waals surface area contributed by atoms with E-state index < -0.39 is 10.0 Å². The highest BCUT2D eigenvalue weighted by atomic mass is 35.5. The molecule has 0 atom stereocenters. The molecule has 0 spiro atoms. The van der Waals surface area contributed by atoms with Crippen LogP contribution >= 0.6 is 35.0 Å². The van der Waals surface area contributed by atoms with E-state index in [1.54, 1.807) is 34.6 Å². The SMILES string of the molecule is N#Cc1ccc(Sc2cc(Cl)cc(Cl)c2)c(S(=O)(=O)N2CCN(C3CCCC3)CC2)c1. The third-order valence-corrected chi connectivity index (χ3v) is 9.42. The van der Waals surface area contributed by atoms with Gasteiger partial charge in [-0.3, -0.25) is 4.90 Å². The van der Waals surface area contributed by atoms with Gasteiger partial charge in [0.15, 0.2) is 0 Å². The van der Waals surface area contributed by atoms with Gasteiger partial charge in [0, 0.05) is 52.1 Å². The van der Waals surface area contributed by atoms with Gasteiger partial charge in [0.2, 0.25) is 10.0 Å². The van der Waals surface area contributed by atoms with Crippen molar-refractivity contribution in [2.75, 3.05) is 26.2 Å². The molecule has 4 rings (SSSR count). The average Bonchev–Trinajstić information content (AvgIpc) is 3.28. The summed E-state index contributed by atoms with van der Waals surface area (Å²) in [6.07, 6.45) is 4.94. The molecule has 2 aliphatic rings. The van der Waals surface area contributed by atoms with Crippen LogP contribution in [0.2, 0.25) is 10.0 Å². The van der Waals surface area contributed by atoms with Crippen molar-refractivity contribution in [3.05, 3.63) is 52.0 Å². The van der Waals surface area contributed by atoms with Gasteiger partial charge in [-0.15, -0.1) is 0 Å². The van der Waals surface area contributed by atoms with Crippen LogP contribution in [0.5, 0.6) is 0 Å². The Labute approximate surface area is 198 Å². The van der Waals surface area contributed by atoms with Crippen molar-refractivity contribution >= 4 is 45.0 Å². The Kier molecular flexibility index (Phi) is 7.17. The molecule has 31 heavy (non-hydrogen) atoms. The zero-order chi connectivity index (χ0) is 22.0. The standard InChI is InChI=1S/C22H23Cl2N3O2S2/c23-17-12-18(24)14-20(13-17)30-21-6-5-16(15-25)11-22(21)31(28,29)27-9-7-26(8-10-27)19-3-1-2-4-19/h5-6,11-14,19H,1-4,7-10H2. The third kappa shape index (κ3) is 5.22. The molecule has 2 aromatic carbocycles. The van der Waals surface area contributed by atoms with Crippen LogP contribution in [0.1, 0.15) is 31.2 Å². The van der Waals surface area contributed by atoms with Gasteiger partial charge in [-0.25, -0.2) is 8.42 Å². The first-order chi connectivity index (χ1) is 14.9. The van der Waals surface area contributed by atoms with E-state index in [2.05, 4.69) is 11.0 Å². The van der Waals surface area contributed by atoms with Crippen LogP contribution in [0.3, 0.4) is 0 Å².